The zero-order chi connectivity index (χ0) is 16.8. The molecule has 2 aromatic rings. The molecule has 0 atom stereocenters. The van der Waals surface area contributed by atoms with Crippen molar-refractivity contribution in [3.63, 3.8) is 0 Å². The predicted octanol–water partition coefficient (Wildman–Crippen LogP) is 2.23. The number of carbonyl (C=O) groups is 1. The maximum atomic E-state index is 12.2. The maximum absolute atomic E-state index is 12.2. The van der Waals surface area contributed by atoms with Gasteiger partial charge in [-0.1, -0.05) is 36.4 Å². The highest BCUT2D eigenvalue weighted by molar-refractivity contribution is 5.77. The molecular formula is C19H22N2O3. The predicted molar refractivity (Wildman–Crippen MR) is 91.7 cm³/mol. The van der Waals surface area contributed by atoms with Gasteiger partial charge in [0.05, 0.1) is 6.61 Å². The molecule has 1 aliphatic heterocycles. The molecule has 126 valence electrons. The standard InChI is InChI=1S/C19H22N2O3/c22-18-8-4-5-11-21(18)17-9-12-20(13-10-17)19(23)15-24-14-16-6-2-1-3-7-16/h1-8,11,17H,9-10,12-15H2. The third kappa shape index (κ3) is 4.11. The second-order valence-electron chi connectivity index (χ2n) is 6.04. The molecule has 1 aliphatic rings. The molecule has 0 N–H and O–H groups in total. The fraction of sp³-hybridized carbons (Fsp3) is 0.368. The van der Waals surface area contributed by atoms with E-state index in [9.17, 15) is 9.59 Å². The van der Waals surface area contributed by atoms with Gasteiger partial charge in [-0.2, -0.15) is 0 Å². The van der Waals surface area contributed by atoms with Gasteiger partial charge in [-0.25, -0.2) is 0 Å². The van der Waals surface area contributed by atoms with Crippen LogP contribution in [0.5, 0.6) is 0 Å². The van der Waals surface area contributed by atoms with Gasteiger partial charge in [0.25, 0.3) is 5.56 Å². The van der Waals surface area contributed by atoms with Gasteiger partial charge in [0.15, 0.2) is 0 Å². The van der Waals surface area contributed by atoms with Gasteiger partial charge < -0.3 is 14.2 Å². The average molecular weight is 326 g/mol. The summed E-state index contributed by atoms with van der Waals surface area (Å²) in [6.07, 6.45) is 3.43. The van der Waals surface area contributed by atoms with Crippen LogP contribution in [0.25, 0.3) is 0 Å². The van der Waals surface area contributed by atoms with Gasteiger partial charge in [0.1, 0.15) is 6.61 Å². The van der Waals surface area contributed by atoms with Gasteiger partial charge in [-0.05, 0) is 24.5 Å². The Balaban J connectivity index is 1.45. The van der Waals surface area contributed by atoms with Crippen molar-refractivity contribution in [3.8, 4) is 0 Å². The minimum Gasteiger partial charge on any atom is -0.367 e. The molecule has 1 amide bonds. The zero-order valence-electron chi connectivity index (χ0n) is 13.6. The Morgan fingerprint density at radius 2 is 1.75 bits per heavy atom. The molecule has 1 fully saturated rings. The summed E-state index contributed by atoms with van der Waals surface area (Å²) in [4.78, 5) is 25.9. The third-order valence-corrected chi connectivity index (χ3v) is 4.40. The molecular weight excluding hydrogens is 304 g/mol. The van der Waals surface area contributed by atoms with E-state index < -0.39 is 0 Å². The van der Waals surface area contributed by atoms with Crippen LogP contribution >= 0.6 is 0 Å². The number of likely N-dealkylation sites (tertiary alicyclic amines) is 1. The normalized spacial score (nSPS) is 15.4. The number of aromatic nitrogens is 1. The first kappa shape index (κ1) is 16.5. The molecule has 24 heavy (non-hydrogen) atoms. The van der Waals surface area contributed by atoms with Crippen LogP contribution in [0.4, 0.5) is 0 Å². The quantitative estimate of drug-likeness (QED) is 0.847. The Labute approximate surface area is 141 Å². The Morgan fingerprint density at radius 1 is 1.04 bits per heavy atom. The van der Waals surface area contributed by atoms with Gasteiger partial charge >= 0.3 is 0 Å². The Hall–Kier alpha value is -2.40. The van der Waals surface area contributed by atoms with Crippen molar-refractivity contribution in [2.45, 2.75) is 25.5 Å². The van der Waals surface area contributed by atoms with Gasteiger partial charge in [0.2, 0.25) is 5.91 Å². The number of hydrogen-bond acceptors (Lipinski definition) is 3. The van der Waals surface area contributed by atoms with Crippen LogP contribution in [-0.4, -0.2) is 35.1 Å². The van der Waals surface area contributed by atoms with Crippen molar-refractivity contribution in [3.05, 3.63) is 70.6 Å². The Morgan fingerprint density at radius 3 is 2.46 bits per heavy atom. The lowest BCUT2D eigenvalue weighted by Gasteiger charge is -2.32. The minimum atomic E-state index is 0.0183. The van der Waals surface area contributed by atoms with Crippen molar-refractivity contribution in [2.75, 3.05) is 19.7 Å². The molecule has 1 aromatic heterocycles. The number of rotatable bonds is 5. The molecule has 0 bridgehead atoms. The van der Waals surface area contributed by atoms with Crippen LogP contribution in [0, 0.1) is 0 Å². The highest BCUT2D eigenvalue weighted by Crippen LogP contribution is 2.20. The van der Waals surface area contributed by atoms with Crippen LogP contribution in [0.1, 0.15) is 24.4 Å². The van der Waals surface area contributed by atoms with E-state index in [1.165, 1.54) is 0 Å². The van der Waals surface area contributed by atoms with E-state index in [0.717, 1.165) is 18.4 Å². The van der Waals surface area contributed by atoms with Gasteiger partial charge in [0, 0.05) is 31.4 Å². The number of carbonyl (C=O) groups excluding carboxylic acids is 1. The van der Waals surface area contributed by atoms with E-state index in [2.05, 4.69) is 0 Å². The molecule has 0 spiro atoms. The van der Waals surface area contributed by atoms with E-state index in [1.54, 1.807) is 16.7 Å². The number of nitrogens with zero attached hydrogens (tertiary/aromatic N) is 2. The number of ether oxygens (including phenoxy) is 1. The van der Waals surface area contributed by atoms with E-state index in [-0.39, 0.29) is 24.1 Å². The van der Waals surface area contributed by atoms with Crippen molar-refractivity contribution < 1.29 is 9.53 Å². The fourth-order valence-corrected chi connectivity index (χ4v) is 3.06. The number of hydrogen-bond donors (Lipinski definition) is 0. The van der Waals surface area contributed by atoms with E-state index in [0.29, 0.717) is 19.7 Å². The summed E-state index contributed by atoms with van der Waals surface area (Å²) in [6, 6.07) is 15.2. The summed E-state index contributed by atoms with van der Waals surface area (Å²) in [5, 5.41) is 0. The number of amides is 1. The summed E-state index contributed by atoms with van der Waals surface area (Å²) in [5.74, 6) is 0.0183. The summed E-state index contributed by atoms with van der Waals surface area (Å²) >= 11 is 0. The highest BCUT2D eigenvalue weighted by Gasteiger charge is 2.24. The topological polar surface area (TPSA) is 51.5 Å². The molecule has 0 aliphatic carbocycles. The van der Waals surface area contributed by atoms with Crippen molar-refractivity contribution in [2.24, 2.45) is 0 Å². The fourth-order valence-electron chi connectivity index (χ4n) is 3.06. The van der Waals surface area contributed by atoms with Gasteiger partial charge in [-0.15, -0.1) is 0 Å². The Kier molecular flexibility index (Phi) is 5.43. The second-order valence-corrected chi connectivity index (χ2v) is 6.04. The molecule has 5 nitrogen and oxygen atoms in total. The van der Waals surface area contributed by atoms with E-state index in [4.69, 9.17) is 4.74 Å². The molecule has 2 heterocycles. The van der Waals surface area contributed by atoms with Crippen molar-refractivity contribution in [1.82, 2.24) is 9.47 Å². The summed E-state index contributed by atoms with van der Waals surface area (Å²) in [6.45, 7) is 1.88. The van der Waals surface area contributed by atoms with Crippen molar-refractivity contribution in [1.29, 1.82) is 0 Å². The maximum Gasteiger partial charge on any atom is 0.250 e. The lowest BCUT2D eigenvalue weighted by Crippen LogP contribution is -2.42. The van der Waals surface area contributed by atoms with Gasteiger partial charge in [-0.3, -0.25) is 9.59 Å². The molecule has 0 saturated carbocycles. The number of pyridine rings is 1. The van der Waals surface area contributed by atoms with Crippen LogP contribution in [0.2, 0.25) is 0 Å². The first-order valence-electron chi connectivity index (χ1n) is 8.30. The van der Waals surface area contributed by atoms with Crippen molar-refractivity contribution >= 4 is 5.91 Å². The van der Waals surface area contributed by atoms with Crippen LogP contribution in [0.3, 0.4) is 0 Å². The highest BCUT2D eigenvalue weighted by atomic mass is 16.5. The SMILES string of the molecule is O=C(COCc1ccccc1)N1CCC(n2ccccc2=O)CC1. The minimum absolute atomic E-state index is 0.0183. The largest absolute Gasteiger partial charge is 0.367 e. The van der Waals surface area contributed by atoms with E-state index >= 15 is 0 Å². The lowest BCUT2D eigenvalue weighted by atomic mass is 10.0. The monoisotopic (exact) mass is 326 g/mol. The smallest absolute Gasteiger partial charge is 0.250 e. The summed E-state index contributed by atoms with van der Waals surface area (Å²) in [7, 11) is 0. The molecule has 0 radical (unpaired) electrons. The molecule has 0 unspecified atom stereocenters. The molecule has 1 aromatic carbocycles. The van der Waals surface area contributed by atoms with Crippen LogP contribution in [-0.2, 0) is 16.1 Å². The first-order chi connectivity index (χ1) is 11.7. The van der Waals surface area contributed by atoms with E-state index in [1.807, 2.05) is 47.5 Å². The number of benzene rings is 1. The van der Waals surface area contributed by atoms with Crippen LogP contribution < -0.4 is 5.56 Å². The first-order valence-corrected chi connectivity index (χ1v) is 8.30. The number of piperidine rings is 1. The Bertz CT molecular complexity index is 719. The van der Waals surface area contributed by atoms with Crippen LogP contribution in [0.15, 0.2) is 59.5 Å². The summed E-state index contributed by atoms with van der Waals surface area (Å²) in [5.41, 5.74) is 1.08. The molecule has 3 rings (SSSR count). The lowest BCUT2D eigenvalue weighted by molar-refractivity contribution is -0.137. The second kappa shape index (κ2) is 7.93. The molecule has 5 heteroatoms. The summed E-state index contributed by atoms with van der Waals surface area (Å²) < 4.78 is 7.29. The zero-order valence-corrected chi connectivity index (χ0v) is 13.6. The average Bonchev–Trinajstić information content (AvgIpc) is 2.63. The third-order valence-electron chi connectivity index (χ3n) is 4.40. The molecule has 1 saturated heterocycles.